The van der Waals surface area contributed by atoms with Gasteiger partial charge in [-0.2, -0.15) is 0 Å². The maximum Gasteiger partial charge on any atom is 0.215 e. The van der Waals surface area contributed by atoms with E-state index in [0.29, 0.717) is 4.88 Å². The van der Waals surface area contributed by atoms with Crippen LogP contribution in [-0.4, -0.2) is 10.9 Å². The average molecular weight is 222 g/mol. The van der Waals surface area contributed by atoms with Crippen LogP contribution in [0.4, 0.5) is 0 Å². The van der Waals surface area contributed by atoms with Gasteiger partial charge in [-0.05, 0) is 30.5 Å². The lowest BCUT2D eigenvalue weighted by Gasteiger charge is -2.21. The zero-order valence-electron chi connectivity index (χ0n) is 8.14. The molecule has 1 atom stereocenters. The van der Waals surface area contributed by atoms with Gasteiger partial charge in [0.2, 0.25) is 5.60 Å². The number of hydrogen-bond acceptors (Lipinski definition) is 4. The summed E-state index contributed by atoms with van der Waals surface area (Å²) in [5.74, 6) is -0.0858. The minimum absolute atomic E-state index is 0.262. The number of furan rings is 1. The topological polar surface area (TPSA) is 50.4 Å². The predicted octanol–water partition coefficient (Wildman–Crippen LogP) is 2.17. The van der Waals surface area contributed by atoms with Gasteiger partial charge in [0.05, 0.1) is 11.1 Å². The molecule has 0 fully saturated rings. The highest BCUT2D eigenvalue weighted by molar-refractivity contribution is 7.10. The third kappa shape index (κ3) is 1.52. The third-order valence-electron chi connectivity index (χ3n) is 2.27. The second-order valence-electron chi connectivity index (χ2n) is 3.22. The largest absolute Gasteiger partial charge is 0.465 e. The quantitative estimate of drug-likeness (QED) is 0.865. The molecule has 2 aromatic rings. The fourth-order valence-corrected chi connectivity index (χ4v) is 2.31. The molecule has 0 aliphatic rings. The molecule has 2 heterocycles. The first-order valence-electron chi connectivity index (χ1n) is 4.47. The first-order valence-corrected chi connectivity index (χ1v) is 5.35. The molecule has 15 heavy (non-hydrogen) atoms. The van der Waals surface area contributed by atoms with Crippen LogP contribution in [0.25, 0.3) is 0 Å². The molecule has 0 radical (unpaired) electrons. The van der Waals surface area contributed by atoms with E-state index in [4.69, 9.17) is 4.42 Å². The average Bonchev–Trinajstić information content (AvgIpc) is 2.89. The Bertz CT molecular complexity index is 408. The fourth-order valence-electron chi connectivity index (χ4n) is 1.44. The molecule has 2 rings (SSSR count). The number of aliphatic hydroxyl groups is 1. The van der Waals surface area contributed by atoms with Gasteiger partial charge in [-0.25, -0.2) is 0 Å². The smallest absolute Gasteiger partial charge is 0.215 e. The Morgan fingerprint density at radius 3 is 2.73 bits per heavy atom. The van der Waals surface area contributed by atoms with Crippen molar-refractivity contribution >= 4 is 17.1 Å². The molecule has 0 amide bonds. The summed E-state index contributed by atoms with van der Waals surface area (Å²) in [6.07, 6.45) is 1.44. The van der Waals surface area contributed by atoms with Crippen LogP contribution in [-0.2, 0) is 10.4 Å². The highest BCUT2D eigenvalue weighted by Crippen LogP contribution is 2.33. The molecule has 0 spiro atoms. The van der Waals surface area contributed by atoms with Crippen molar-refractivity contribution < 1.29 is 14.3 Å². The normalized spacial score (nSPS) is 14.8. The standard InChI is InChI=1S/C11H10O3S/c1-8(12)11(13,9-4-2-6-14-9)10-5-3-7-15-10/h2-7,13H,1H3. The predicted molar refractivity (Wildman–Crippen MR) is 56.7 cm³/mol. The number of carbonyl (C=O) groups excluding carboxylic acids is 1. The summed E-state index contributed by atoms with van der Waals surface area (Å²) < 4.78 is 5.12. The van der Waals surface area contributed by atoms with Gasteiger partial charge in [-0.3, -0.25) is 4.79 Å². The van der Waals surface area contributed by atoms with E-state index < -0.39 is 5.60 Å². The van der Waals surface area contributed by atoms with Gasteiger partial charge in [0.15, 0.2) is 5.78 Å². The number of ketones is 1. The van der Waals surface area contributed by atoms with E-state index in [1.54, 1.807) is 24.3 Å². The monoisotopic (exact) mass is 222 g/mol. The molecule has 1 unspecified atom stereocenters. The summed E-state index contributed by atoms with van der Waals surface area (Å²) in [5, 5.41) is 12.2. The number of hydrogen-bond donors (Lipinski definition) is 1. The number of Topliss-reactive ketones (excluding diaryl/α,β-unsaturated/α-hetero) is 1. The van der Waals surface area contributed by atoms with E-state index in [0.717, 1.165) is 0 Å². The third-order valence-corrected chi connectivity index (χ3v) is 3.24. The lowest BCUT2D eigenvalue weighted by molar-refractivity contribution is -0.133. The fraction of sp³-hybridized carbons (Fsp3) is 0.182. The van der Waals surface area contributed by atoms with Crippen molar-refractivity contribution in [3.05, 3.63) is 46.5 Å². The van der Waals surface area contributed by atoms with Crippen molar-refractivity contribution in [3.63, 3.8) is 0 Å². The maximum atomic E-state index is 11.6. The van der Waals surface area contributed by atoms with Crippen LogP contribution in [0.3, 0.4) is 0 Å². The number of thiophene rings is 1. The van der Waals surface area contributed by atoms with Gasteiger partial charge < -0.3 is 9.52 Å². The van der Waals surface area contributed by atoms with Crippen LogP contribution in [0.2, 0.25) is 0 Å². The molecule has 1 N–H and O–H groups in total. The van der Waals surface area contributed by atoms with Crippen molar-refractivity contribution in [2.24, 2.45) is 0 Å². The minimum Gasteiger partial charge on any atom is -0.465 e. The second-order valence-corrected chi connectivity index (χ2v) is 4.17. The van der Waals surface area contributed by atoms with Crippen LogP contribution in [0.15, 0.2) is 40.3 Å². The first-order chi connectivity index (χ1) is 7.15. The zero-order valence-corrected chi connectivity index (χ0v) is 8.95. The molecule has 0 saturated heterocycles. The van der Waals surface area contributed by atoms with E-state index in [-0.39, 0.29) is 11.5 Å². The highest BCUT2D eigenvalue weighted by Gasteiger charge is 2.40. The van der Waals surface area contributed by atoms with Gasteiger partial charge in [-0.15, -0.1) is 11.3 Å². The summed E-state index contributed by atoms with van der Waals surface area (Å²) in [7, 11) is 0. The summed E-state index contributed by atoms with van der Waals surface area (Å²) in [4.78, 5) is 12.1. The summed E-state index contributed by atoms with van der Waals surface area (Å²) in [6.45, 7) is 1.35. The Morgan fingerprint density at radius 2 is 2.27 bits per heavy atom. The van der Waals surface area contributed by atoms with Crippen LogP contribution >= 0.6 is 11.3 Å². The van der Waals surface area contributed by atoms with Crippen LogP contribution in [0.1, 0.15) is 17.6 Å². The van der Waals surface area contributed by atoms with E-state index in [9.17, 15) is 9.90 Å². The Morgan fingerprint density at radius 1 is 1.47 bits per heavy atom. The Hall–Kier alpha value is -1.39. The maximum absolute atomic E-state index is 11.6. The first kappa shape index (κ1) is 10.1. The molecule has 78 valence electrons. The van der Waals surface area contributed by atoms with Gasteiger partial charge in [0.1, 0.15) is 5.76 Å². The van der Waals surface area contributed by atoms with Crippen LogP contribution < -0.4 is 0 Å². The Balaban J connectivity index is 2.56. The van der Waals surface area contributed by atoms with Gasteiger partial charge in [0, 0.05) is 0 Å². The lowest BCUT2D eigenvalue weighted by Crippen LogP contribution is -2.33. The van der Waals surface area contributed by atoms with Crippen molar-refractivity contribution in [2.45, 2.75) is 12.5 Å². The van der Waals surface area contributed by atoms with Crippen LogP contribution in [0, 0.1) is 0 Å². The highest BCUT2D eigenvalue weighted by atomic mass is 32.1. The summed E-state index contributed by atoms with van der Waals surface area (Å²) in [5.41, 5.74) is -1.64. The van der Waals surface area contributed by atoms with Crippen molar-refractivity contribution in [3.8, 4) is 0 Å². The van der Waals surface area contributed by atoms with E-state index in [2.05, 4.69) is 0 Å². The molecule has 0 aliphatic heterocycles. The molecule has 3 nitrogen and oxygen atoms in total. The molecule has 0 aliphatic carbocycles. The van der Waals surface area contributed by atoms with Crippen molar-refractivity contribution in [1.29, 1.82) is 0 Å². The van der Waals surface area contributed by atoms with Crippen LogP contribution in [0.5, 0.6) is 0 Å². The Labute approximate surface area is 91.0 Å². The molecular formula is C11H10O3S. The summed E-state index contributed by atoms with van der Waals surface area (Å²) >= 11 is 1.33. The van der Waals surface area contributed by atoms with Gasteiger partial charge in [0.25, 0.3) is 0 Å². The molecule has 2 aromatic heterocycles. The Kier molecular flexibility index (Phi) is 2.46. The molecule has 0 aromatic carbocycles. The van der Waals surface area contributed by atoms with E-state index in [1.807, 2.05) is 5.38 Å². The minimum atomic E-state index is -1.64. The molecular weight excluding hydrogens is 212 g/mol. The zero-order chi connectivity index (χ0) is 10.9. The van der Waals surface area contributed by atoms with Crippen molar-refractivity contribution in [1.82, 2.24) is 0 Å². The molecule has 4 heteroatoms. The molecule has 0 saturated carbocycles. The second kappa shape index (κ2) is 3.64. The number of rotatable bonds is 3. The number of carbonyl (C=O) groups is 1. The van der Waals surface area contributed by atoms with E-state index >= 15 is 0 Å². The van der Waals surface area contributed by atoms with E-state index in [1.165, 1.54) is 24.5 Å². The van der Waals surface area contributed by atoms with Gasteiger partial charge in [-0.1, -0.05) is 6.07 Å². The lowest BCUT2D eigenvalue weighted by atomic mass is 9.94. The summed E-state index contributed by atoms with van der Waals surface area (Å²) in [6, 6.07) is 6.75. The van der Waals surface area contributed by atoms with Crippen molar-refractivity contribution in [2.75, 3.05) is 0 Å². The van der Waals surface area contributed by atoms with Gasteiger partial charge >= 0.3 is 0 Å². The SMILES string of the molecule is CC(=O)C(O)(c1ccco1)c1cccs1. The molecule has 0 bridgehead atoms.